The molecule has 1 aromatic carbocycles. The summed E-state index contributed by atoms with van der Waals surface area (Å²) in [7, 11) is 1.84. The standard InChI is InChI=1S/C21H34N4O2.HI/c1-22-21(24-19-7-3-2-4-8-19)23-17-18-6-5-9-20(16-18)27-15-12-25-10-13-26-14-11-25;/h5-6,9,16,19H,2-4,7-8,10-15,17H2,1H3,(H2,22,23,24);1H. The molecule has 1 saturated carbocycles. The van der Waals surface area contributed by atoms with Crippen LogP contribution in [0.4, 0.5) is 0 Å². The molecule has 2 N–H and O–H groups in total. The van der Waals surface area contributed by atoms with E-state index in [1.807, 2.05) is 13.1 Å². The van der Waals surface area contributed by atoms with Gasteiger partial charge < -0.3 is 20.1 Å². The Balaban J connectivity index is 0.00000280. The lowest BCUT2D eigenvalue weighted by Gasteiger charge is -2.26. The van der Waals surface area contributed by atoms with Crippen molar-refractivity contribution >= 4 is 29.9 Å². The molecule has 158 valence electrons. The van der Waals surface area contributed by atoms with Crippen molar-refractivity contribution in [2.45, 2.75) is 44.7 Å². The molecule has 1 saturated heterocycles. The third kappa shape index (κ3) is 8.13. The number of hydrogen-bond donors (Lipinski definition) is 2. The second kappa shape index (κ2) is 13.2. The molecular weight excluding hydrogens is 467 g/mol. The monoisotopic (exact) mass is 502 g/mol. The minimum absolute atomic E-state index is 0. The molecule has 3 rings (SSSR count). The molecule has 1 heterocycles. The fourth-order valence-corrected chi connectivity index (χ4v) is 3.68. The summed E-state index contributed by atoms with van der Waals surface area (Å²) in [5.74, 6) is 1.82. The Morgan fingerprint density at radius 3 is 2.75 bits per heavy atom. The van der Waals surface area contributed by atoms with Gasteiger partial charge in [0, 0.05) is 39.3 Å². The maximum atomic E-state index is 5.95. The largest absolute Gasteiger partial charge is 0.492 e. The fourth-order valence-electron chi connectivity index (χ4n) is 3.68. The van der Waals surface area contributed by atoms with E-state index in [1.54, 1.807) is 0 Å². The predicted molar refractivity (Wildman–Crippen MR) is 125 cm³/mol. The van der Waals surface area contributed by atoms with Gasteiger partial charge in [-0.2, -0.15) is 0 Å². The molecule has 0 amide bonds. The average molecular weight is 502 g/mol. The number of nitrogens with zero attached hydrogens (tertiary/aromatic N) is 2. The van der Waals surface area contributed by atoms with E-state index in [0.29, 0.717) is 12.6 Å². The van der Waals surface area contributed by atoms with Crippen LogP contribution in [0.25, 0.3) is 0 Å². The Labute approximate surface area is 186 Å². The zero-order chi connectivity index (χ0) is 18.7. The van der Waals surface area contributed by atoms with Crippen molar-refractivity contribution in [3.63, 3.8) is 0 Å². The van der Waals surface area contributed by atoms with Gasteiger partial charge in [-0.1, -0.05) is 31.4 Å². The van der Waals surface area contributed by atoms with Gasteiger partial charge >= 0.3 is 0 Å². The van der Waals surface area contributed by atoms with Crippen molar-refractivity contribution in [1.82, 2.24) is 15.5 Å². The number of nitrogens with one attached hydrogen (secondary N) is 2. The summed E-state index contributed by atoms with van der Waals surface area (Å²) >= 11 is 0. The highest BCUT2D eigenvalue weighted by molar-refractivity contribution is 14.0. The van der Waals surface area contributed by atoms with Crippen molar-refractivity contribution < 1.29 is 9.47 Å². The first-order chi connectivity index (χ1) is 13.3. The Hall–Kier alpha value is -1.06. The van der Waals surface area contributed by atoms with E-state index >= 15 is 0 Å². The minimum Gasteiger partial charge on any atom is -0.492 e. The lowest BCUT2D eigenvalue weighted by atomic mass is 9.96. The highest BCUT2D eigenvalue weighted by Gasteiger charge is 2.14. The van der Waals surface area contributed by atoms with Crippen molar-refractivity contribution in [2.24, 2.45) is 4.99 Å². The smallest absolute Gasteiger partial charge is 0.191 e. The molecule has 28 heavy (non-hydrogen) atoms. The van der Waals surface area contributed by atoms with Crippen LogP contribution in [-0.2, 0) is 11.3 Å². The van der Waals surface area contributed by atoms with Crippen molar-refractivity contribution in [3.05, 3.63) is 29.8 Å². The van der Waals surface area contributed by atoms with E-state index in [2.05, 4.69) is 38.7 Å². The number of ether oxygens (including phenoxy) is 2. The molecule has 2 aliphatic rings. The molecule has 7 heteroatoms. The molecule has 0 atom stereocenters. The zero-order valence-corrected chi connectivity index (χ0v) is 19.3. The molecule has 0 unspecified atom stereocenters. The van der Waals surface area contributed by atoms with Gasteiger partial charge in [-0.05, 0) is 30.5 Å². The molecule has 0 bridgehead atoms. The molecule has 2 fully saturated rings. The molecular formula is C21H35IN4O2. The fraction of sp³-hybridized carbons (Fsp3) is 0.667. The van der Waals surface area contributed by atoms with Gasteiger partial charge in [0.25, 0.3) is 0 Å². The normalized spacial score (nSPS) is 19.0. The van der Waals surface area contributed by atoms with Crippen molar-refractivity contribution in [2.75, 3.05) is 46.5 Å². The number of benzene rings is 1. The van der Waals surface area contributed by atoms with Crippen LogP contribution in [0.1, 0.15) is 37.7 Å². The maximum Gasteiger partial charge on any atom is 0.191 e. The van der Waals surface area contributed by atoms with Gasteiger partial charge in [-0.3, -0.25) is 9.89 Å². The molecule has 1 aliphatic heterocycles. The van der Waals surface area contributed by atoms with E-state index in [-0.39, 0.29) is 24.0 Å². The third-order valence-electron chi connectivity index (χ3n) is 5.31. The van der Waals surface area contributed by atoms with Gasteiger partial charge in [0.05, 0.1) is 13.2 Å². The quantitative estimate of drug-likeness (QED) is 0.341. The molecule has 0 radical (unpaired) electrons. The SMILES string of the molecule is CN=C(NCc1cccc(OCCN2CCOCC2)c1)NC1CCCCC1.I. The number of rotatable bonds is 7. The number of guanidine groups is 1. The van der Waals surface area contributed by atoms with Crippen LogP contribution in [0, 0.1) is 0 Å². The van der Waals surface area contributed by atoms with Crippen LogP contribution >= 0.6 is 24.0 Å². The zero-order valence-electron chi connectivity index (χ0n) is 17.0. The summed E-state index contributed by atoms with van der Waals surface area (Å²) in [6, 6.07) is 8.87. The van der Waals surface area contributed by atoms with E-state index in [1.165, 1.54) is 37.7 Å². The van der Waals surface area contributed by atoms with Crippen LogP contribution in [0.2, 0.25) is 0 Å². The van der Waals surface area contributed by atoms with Gasteiger partial charge in [0.2, 0.25) is 0 Å². The Bertz CT molecular complexity index is 588. The minimum atomic E-state index is 0. The first kappa shape index (κ1) is 23.2. The van der Waals surface area contributed by atoms with E-state index in [0.717, 1.165) is 51.1 Å². The number of morpholine rings is 1. The maximum absolute atomic E-state index is 5.95. The first-order valence-corrected chi connectivity index (χ1v) is 10.3. The third-order valence-corrected chi connectivity index (χ3v) is 5.31. The lowest BCUT2D eigenvalue weighted by molar-refractivity contribution is 0.0322. The second-order valence-corrected chi connectivity index (χ2v) is 7.35. The van der Waals surface area contributed by atoms with Crippen LogP contribution < -0.4 is 15.4 Å². The van der Waals surface area contributed by atoms with E-state index in [4.69, 9.17) is 9.47 Å². The van der Waals surface area contributed by atoms with E-state index in [9.17, 15) is 0 Å². The Morgan fingerprint density at radius 1 is 1.21 bits per heavy atom. The van der Waals surface area contributed by atoms with E-state index < -0.39 is 0 Å². The number of halogens is 1. The average Bonchev–Trinajstić information content (AvgIpc) is 2.73. The Morgan fingerprint density at radius 2 is 2.00 bits per heavy atom. The highest BCUT2D eigenvalue weighted by Crippen LogP contribution is 2.17. The summed E-state index contributed by atoms with van der Waals surface area (Å²) in [5, 5.41) is 6.98. The van der Waals surface area contributed by atoms with Crippen LogP contribution in [-0.4, -0.2) is 63.4 Å². The number of aliphatic imine (C=N–C) groups is 1. The number of hydrogen-bond acceptors (Lipinski definition) is 4. The topological polar surface area (TPSA) is 58.1 Å². The molecule has 6 nitrogen and oxygen atoms in total. The molecule has 0 spiro atoms. The van der Waals surface area contributed by atoms with Gasteiger partial charge in [-0.25, -0.2) is 0 Å². The van der Waals surface area contributed by atoms with Crippen LogP contribution in [0.3, 0.4) is 0 Å². The van der Waals surface area contributed by atoms with Gasteiger partial charge in [0.1, 0.15) is 12.4 Å². The van der Waals surface area contributed by atoms with Gasteiger partial charge in [0.15, 0.2) is 5.96 Å². The van der Waals surface area contributed by atoms with Crippen LogP contribution in [0.5, 0.6) is 5.75 Å². The van der Waals surface area contributed by atoms with Crippen LogP contribution in [0.15, 0.2) is 29.3 Å². The van der Waals surface area contributed by atoms with Gasteiger partial charge in [-0.15, -0.1) is 24.0 Å². The van der Waals surface area contributed by atoms with Crippen molar-refractivity contribution in [3.8, 4) is 5.75 Å². The summed E-state index contributed by atoms with van der Waals surface area (Å²) < 4.78 is 11.3. The second-order valence-electron chi connectivity index (χ2n) is 7.35. The Kier molecular flexibility index (Phi) is 11.0. The molecule has 1 aromatic rings. The molecule has 0 aromatic heterocycles. The first-order valence-electron chi connectivity index (χ1n) is 10.3. The lowest BCUT2D eigenvalue weighted by Crippen LogP contribution is -2.43. The summed E-state index contributed by atoms with van der Waals surface area (Å²) in [4.78, 5) is 6.75. The van der Waals surface area contributed by atoms with Crippen molar-refractivity contribution in [1.29, 1.82) is 0 Å². The summed E-state index contributed by atoms with van der Waals surface area (Å²) in [6.45, 7) is 6.06. The highest BCUT2D eigenvalue weighted by atomic mass is 127. The summed E-state index contributed by atoms with van der Waals surface area (Å²) in [5.41, 5.74) is 1.20. The predicted octanol–water partition coefficient (Wildman–Crippen LogP) is 3.01. The summed E-state index contributed by atoms with van der Waals surface area (Å²) in [6.07, 6.45) is 6.49. The molecule has 1 aliphatic carbocycles.